The maximum Gasteiger partial charge on any atom is 0.305 e. The SMILES string of the molecule is CCN(CC)Cc1ccc(C(=O)NNC(=O)c2ccc(C)c(NS(C)(=O)=O)c2)o1. The molecular weight excluding hydrogens is 396 g/mol. The van der Waals surface area contributed by atoms with Crippen molar-refractivity contribution < 1.29 is 22.4 Å². The molecule has 158 valence electrons. The van der Waals surface area contributed by atoms with E-state index < -0.39 is 21.8 Å². The summed E-state index contributed by atoms with van der Waals surface area (Å²) in [6, 6.07) is 7.79. The number of nitrogens with one attached hydrogen (secondary N) is 3. The summed E-state index contributed by atoms with van der Waals surface area (Å²) >= 11 is 0. The monoisotopic (exact) mass is 422 g/mol. The van der Waals surface area contributed by atoms with Crippen LogP contribution in [0.1, 0.15) is 46.1 Å². The van der Waals surface area contributed by atoms with Crippen LogP contribution in [-0.2, 0) is 16.6 Å². The Morgan fingerprint density at radius 1 is 1.03 bits per heavy atom. The fourth-order valence-corrected chi connectivity index (χ4v) is 3.19. The van der Waals surface area contributed by atoms with Gasteiger partial charge in [-0.2, -0.15) is 0 Å². The molecule has 2 rings (SSSR count). The zero-order valence-electron chi connectivity index (χ0n) is 16.9. The van der Waals surface area contributed by atoms with Crippen LogP contribution in [0.2, 0.25) is 0 Å². The average molecular weight is 423 g/mol. The third-order valence-electron chi connectivity index (χ3n) is 4.24. The fourth-order valence-electron chi connectivity index (χ4n) is 2.57. The lowest BCUT2D eigenvalue weighted by molar-refractivity contribution is 0.0829. The van der Waals surface area contributed by atoms with Gasteiger partial charge in [0.2, 0.25) is 10.0 Å². The van der Waals surface area contributed by atoms with Gasteiger partial charge in [-0.15, -0.1) is 0 Å². The van der Waals surface area contributed by atoms with Crippen molar-refractivity contribution in [1.82, 2.24) is 15.8 Å². The Labute approximate surface area is 170 Å². The molecule has 2 aromatic rings. The Kier molecular flexibility index (Phi) is 7.40. The number of benzene rings is 1. The van der Waals surface area contributed by atoms with Gasteiger partial charge in [0.1, 0.15) is 5.76 Å². The molecule has 0 spiro atoms. The largest absolute Gasteiger partial charge is 0.454 e. The lowest BCUT2D eigenvalue weighted by Crippen LogP contribution is -2.41. The number of nitrogens with zero attached hydrogens (tertiary/aromatic N) is 1. The standard InChI is InChI=1S/C19H26N4O5S/c1-5-23(6-2)12-15-9-10-17(28-15)19(25)21-20-18(24)14-8-7-13(3)16(11-14)22-29(4,26)27/h7-11,22H,5-6,12H2,1-4H3,(H,20,24)(H,21,25). The van der Waals surface area contributed by atoms with Crippen LogP contribution in [0.25, 0.3) is 0 Å². The molecule has 0 aliphatic carbocycles. The van der Waals surface area contributed by atoms with E-state index in [0.29, 0.717) is 23.6 Å². The Balaban J connectivity index is 1.99. The summed E-state index contributed by atoms with van der Waals surface area (Å²) in [6.45, 7) is 8.11. The Bertz CT molecular complexity index is 980. The Morgan fingerprint density at radius 3 is 2.31 bits per heavy atom. The van der Waals surface area contributed by atoms with E-state index in [1.54, 1.807) is 25.1 Å². The average Bonchev–Trinajstić information content (AvgIpc) is 3.13. The lowest BCUT2D eigenvalue weighted by atomic mass is 10.1. The summed E-state index contributed by atoms with van der Waals surface area (Å²) in [5.41, 5.74) is 5.72. The van der Waals surface area contributed by atoms with Gasteiger partial charge in [-0.1, -0.05) is 19.9 Å². The number of amides is 2. The number of hydrogen-bond acceptors (Lipinski definition) is 6. The third kappa shape index (κ3) is 6.61. The number of carbonyl (C=O) groups is 2. The molecule has 0 aliphatic rings. The summed E-state index contributed by atoms with van der Waals surface area (Å²) in [6.07, 6.45) is 1.03. The van der Waals surface area contributed by atoms with Crippen molar-refractivity contribution in [2.75, 3.05) is 24.1 Å². The highest BCUT2D eigenvalue weighted by atomic mass is 32.2. The van der Waals surface area contributed by atoms with Gasteiger partial charge in [0.15, 0.2) is 5.76 Å². The predicted octanol–water partition coefficient (Wildman–Crippen LogP) is 1.88. The first kappa shape index (κ1) is 22.4. The van der Waals surface area contributed by atoms with Crippen molar-refractivity contribution >= 4 is 27.5 Å². The molecular formula is C19H26N4O5S. The van der Waals surface area contributed by atoms with Gasteiger partial charge in [0.25, 0.3) is 5.91 Å². The smallest absolute Gasteiger partial charge is 0.305 e. The number of sulfonamides is 1. The van der Waals surface area contributed by atoms with Crippen LogP contribution in [0, 0.1) is 6.92 Å². The van der Waals surface area contributed by atoms with Crippen LogP contribution in [0.5, 0.6) is 0 Å². The Hall–Kier alpha value is -2.85. The zero-order valence-corrected chi connectivity index (χ0v) is 17.7. The molecule has 0 bridgehead atoms. The summed E-state index contributed by atoms with van der Waals surface area (Å²) in [5, 5.41) is 0. The maximum atomic E-state index is 12.3. The van der Waals surface area contributed by atoms with E-state index in [2.05, 4.69) is 20.5 Å². The number of furan rings is 1. The second-order valence-electron chi connectivity index (χ2n) is 6.54. The molecule has 10 heteroatoms. The summed E-state index contributed by atoms with van der Waals surface area (Å²) in [7, 11) is -3.48. The summed E-state index contributed by atoms with van der Waals surface area (Å²) in [4.78, 5) is 26.6. The molecule has 9 nitrogen and oxygen atoms in total. The van der Waals surface area contributed by atoms with Gasteiger partial charge in [-0.25, -0.2) is 8.42 Å². The van der Waals surface area contributed by atoms with E-state index in [0.717, 1.165) is 19.3 Å². The van der Waals surface area contributed by atoms with Crippen LogP contribution in [-0.4, -0.2) is 44.5 Å². The van der Waals surface area contributed by atoms with E-state index in [-0.39, 0.29) is 11.3 Å². The van der Waals surface area contributed by atoms with E-state index in [9.17, 15) is 18.0 Å². The molecule has 1 aromatic heterocycles. The quantitative estimate of drug-likeness (QED) is 0.559. The minimum atomic E-state index is -3.48. The fraction of sp³-hybridized carbons (Fsp3) is 0.368. The zero-order chi connectivity index (χ0) is 21.6. The summed E-state index contributed by atoms with van der Waals surface area (Å²) < 4.78 is 30.7. The van der Waals surface area contributed by atoms with Crippen molar-refractivity contribution in [3.05, 3.63) is 53.0 Å². The molecule has 3 N–H and O–H groups in total. The van der Waals surface area contributed by atoms with Gasteiger partial charge in [-0.05, 0) is 49.8 Å². The number of rotatable bonds is 8. The molecule has 0 radical (unpaired) electrons. The number of hydrazine groups is 1. The van der Waals surface area contributed by atoms with E-state index in [4.69, 9.17) is 4.42 Å². The Morgan fingerprint density at radius 2 is 1.69 bits per heavy atom. The molecule has 1 aromatic carbocycles. The molecule has 0 saturated carbocycles. The predicted molar refractivity (Wildman–Crippen MR) is 110 cm³/mol. The molecule has 0 saturated heterocycles. The first-order chi connectivity index (χ1) is 13.6. The van der Waals surface area contributed by atoms with E-state index in [1.165, 1.54) is 12.1 Å². The number of hydrogen-bond donors (Lipinski definition) is 3. The molecule has 1 heterocycles. The maximum absolute atomic E-state index is 12.3. The first-order valence-corrected chi connectivity index (χ1v) is 11.0. The highest BCUT2D eigenvalue weighted by Crippen LogP contribution is 2.18. The van der Waals surface area contributed by atoms with Crippen LogP contribution in [0.4, 0.5) is 5.69 Å². The molecule has 0 fully saturated rings. The summed E-state index contributed by atoms with van der Waals surface area (Å²) in [5.74, 6) is -0.452. The van der Waals surface area contributed by atoms with Crippen molar-refractivity contribution in [3.8, 4) is 0 Å². The van der Waals surface area contributed by atoms with Crippen LogP contribution < -0.4 is 15.6 Å². The molecule has 0 aliphatic heterocycles. The highest BCUT2D eigenvalue weighted by Gasteiger charge is 2.15. The van der Waals surface area contributed by atoms with Crippen LogP contribution >= 0.6 is 0 Å². The van der Waals surface area contributed by atoms with Gasteiger partial charge >= 0.3 is 5.91 Å². The van der Waals surface area contributed by atoms with Crippen LogP contribution in [0.3, 0.4) is 0 Å². The number of carbonyl (C=O) groups excluding carboxylic acids is 2. The van der Waals surface area contributed by atoms with Crippen molar-refractivity contribution in [3.63, 3.8) is 0 Å². The van der Waals surface area contributed by atoms with Crippen LogP contribution in [0.15, 0.2) is 34.7 Å². The number of aryl methyl sites for hydroxylation is 1. The van der Waals surface area contributed by atoms with E-state index >= 15 is 0 Å². The van der Waals surface area contributed by atoms with Crippen molar-refractivity contribution in [1.29, 1.82) is 0 Å². The molecule has 2 amide bonds. The van der Waals surface area contributed by atoms with Gasteiger partial charge < -0.3 is 4.42 Å². The van der Waals surface area contributed by atoms with Gasteiger partial charge in [-0.3, -0.25) is 30.1 Å². The van der Waals surface area contributed by atoms with Crippen molar-refractivity contribution in [2.24, 2.45) is 0 Å². The van der Waals surface area contributed by atoms with Gasteiger partial charge in [0, 0.05) is 5.56 Å². The topological polar surface area (TPSA) is 121 Å². The highest BCUT2D eigenvalue weighted by molar-refractivity contribution is 7.92. The van der Waals surface area contributed by atoms with Gasteiger partial charge in [0.05, 0.1) is 18.5 Å². The van der Waals surface area contributed by atoms with Crippen molar-refractivity contribution in [2.45, 2.75) is 27.3 Å². The molecule has 0 atom stereocenters. The minimum absolute atomic E-state index is 0.0794. The lowest BCUT2D eigenvalue weighted by Gasteiger charge is -2.15. The van der Waals surface area contributed by atoms with E-state index in [1.807, 2.05) is 13.8 Å². The number of anilines is 1. The molecule has 29 heavy (non-hydrogen) atoms. The first-order valence-electron chi connectivity index (χ1n) is 9.13. The minimum Gasteiger partial charge on any atom is -0.454 e. The molecule has 0 unspecified atom stereocenters. The second kappa shape index (κ2) is 9.57. The second-order valence-corrected chi connectivity index (χ2v) is 8.29. The third-order valence-corrected chi connectivity index (χ3v) is 4.83. The normalized spacial score (nSPS) is 11.3.